The third-order valence-corrected chi connectivity index (χ3v) is 4.21. The van der Waals surface area contributed by atoms with Gasteiger partial charge in [0.05, 0.1) is 14.2 Å². The van der Waals surface area contributed by atoms with E-state index < -0.39 is 17.9 Å². The van der Waals surface area contributed by atoms with Crippen molar-refractivity contribution >= 4 is 27.9 Å². The maximum Gasteiger partial charge on any atom is 0.320 e. The van der Waals surface area contributed by atoms with Crippen LogP contribution in [0.2, 0.25) is 0 Å². The molecule has 0 aromatic carbocycles. The second-order valence-electron chi connectivity index (χ2n) is 3.99. The van der Waals surface area contributed by atoms with E-state index in [1.807, 2.05) is 0 Å². The van der Waals surface area contributed by atoms with Gasteiger partial charge in [0.2, 0.25) is 0 Å². The standard InChI is InChI=1S/C11H17BrO4/c1-15-10(13)9(11(14)16-2)7-5-3-4-6-8(7)12/h7-9H,3-6H2,1-2H3. The molecule has 0 N–H and O–H groups in total. The number of carbonyl (C=O) groups is 2. The third-order valence-electron chi connectivity index (χ3n) is 3.07. The molecule has 0 spiro atoms. The maximum absolute atomic E-state index is 11.6. The lowest BCUT2D eigenvalue weighted by atomic mass is 9.80. The first-order chi connectivity index (χ1) is 7.61. The largest absolute Gasteiger partial charge is 0.468 e. The van der Waals surface area contributed by atoms with Crippen molar-refractivity contribution in [2.24, 2.45) is 11.8 Å². The first-order valence-electron chi connectivity index (χ1n) is 5.41. The highest BCUT2D eigenvalue weighted by Gasteiger charge is 2.41. The SMILES string of the molecule is COC(=O)C(C(=O)OC)C1CCCCC1Br. The van der Waals surface area contributed by atoms with Crippen molar-refractivity contribution in [1.29, 1.82) is 0 Å². The number of rotatable bonds is 3. The van der Waals surface area contributed by atoms with E-state index in [-0.39, 0.29) is 10.7 Å². The number of esters is 2. The quantitative estimate of drug-likeness (QED) is 0.453. The predicted octanol–water partition coefficient (Wildman–Crippen LogP) is 1.90. The van der Waals surface area contributed by atoms with Gasteiger partial charge in [0, 0.05) is 4.83 Å². The minimum absolute atomic E-state index is 0.0198. The number of ether oxygens (including phenoxy) is 2. The van der Waals surface area contributed by atoms with Crippen molar-refractivity contribution in [2.45, 2.75) is 30.5 Å². The van der Waals surface area contributed by atoms with Crippen LogP contribution in [0.25, 0.3) is 0 Å². The second-order valence-corrected chi connectivity index (χ2v) is 5.16. The normalized spacial score (nSPS) is 25.2. The lowest BCUT2D eigenvalue weighted by Gasteiger charge is -2.31. The van der Waals surface area contributed by atoms with Crippen molar-refractivity contribution in [3.8, 4) is 0 Å². The zero-order valence-corrected chi connectivity index (χ0v) is 11.2. The molecule has 0 aromatic rings. The molecule has 0 aromatic heterocycles. The summed E-state index contributed by atoms with van der Waals surface area (Å²) in [4.78, 5) is 23.4. The molecule has 0 bridgehead atoms. The molecule has 0 radical (unpaired) electrons. The minimum Gasteiger partial charge on any atom is -0.468 e. The summed E-state index contributed by atoms with van der Waals surface area (Å²) in [5, 5.41) is 0. The summed E-state index contributed by atoms with van der Waals surface area (Å²) in [5.41, 5.74) is 0. The Labute approximate surface area is 104 Å². The minimum atomic E-state index is -0.792. The first kappa shape index (κ1) is 13.5. The first-order valence-corrected chi connectivity index (χ1v) is 6.33. The van der Waals surface area contributed by atoms with Gasteiger partial charge >= 0.3 is 11.9 Å². The highest BCUT2D eigenvalue weighted by Crippen LogP contribution is 2.36. The molecule has 0 heterocycles. The van der Waals surface area contributed by atoms with Gasteiger partial charge in [-0.1, -0.05) is 28.8 Å². The molecular weight excluding hydrogens is 276 g/mol. The molecule has 1 aliphatic rings. The van der Waals surface area contributed by atoms with E-state index in [0.717, 1.165) is 25.7 Å². The van der Waals surface area contributed by atoms with Crippen LogP contribution < -0.4 is 0 Å². The molecule has 1 saturated carbocycles. The van der Waals surface area contributed by atoms with Gasteiger partial charge in [0.25, 0.3) is 0 Å². The Morgan fingerprint density at radius 2 is 1.62 bits per heavy atom. The molecule has 0 amide bonds. The van der Waals surface area contributed by atoms with Crippen molar-refractivity contribution in [3.05, 3.63) is 0 Å². The highest BCUT2D eigenvalue weighted by molar-refractivity contribution is 9.09. The molecule has 92 valence electrons. The van der Waals surface area contributed by atoms with Gasteiger partial charge in [0.1, 0.15) is 0 Å². The van der Waals surface area contributed by atoms with Crippen LogP contribution in [0.3, 0.4) is 0 Å². The summed E-state index contributed by atoms with van der Waals surface area (Å²) in [6.45, 7) is 0. The van der Waals surface area contributed by atoms with Crippen LogP contribution in [-0.2, 0) is 19.1 Å². The molecule has 1 fully saturated rings. The summed E-state index contributed by atoms with van der Waals surface area (Å²) in [6, 6.07) is 0. The number of alkyl halides is 1. The zero-order valence-electron chi connectivity index (χ0n) is 9.57. The van der Waals surface area contributed by atoms with Crippen LogP contribution >= 0.6 is 15.9 Å². The van der Waals surface area contributed by atoms with Crippen molar-refractivity contribution in [1.82, 2.24) is 0 Å². The molecule has 1 aliphatic carbocycles. The van der Waals surface area contributed by atoms with E-state index in [2.05, 4.69) is 25.4 Å². The number of hydrogen-bond donors (Lipinski definition) is 0. The van der Waals surface area contributed by atoms with E-state index >= 15 is 0 Å². The van der Waals surface area contributed by atoms with Crippen LogP contribution in [0.4, 0.5) is 0 Å². The molecule has 1 rings (SSSR count). The van der Waals surface area contributed by atoms with Gasteiger partial charge in [-0.2, -0.15) is 0 Å². The Kier molecular flexibility index (Phi) is 5.25. The van der Waals surface area contributed by atoms with Gasteiger partial charge in [-0.15, -0.1) is 0 Å². The van der Waals surface area contributed by atoms with E-state index in [4.69, 9.17) is 0 Å². The summed E-state index contributed by atoms with van der Waals surface area (Å²) in [5.74, 6) is -1.81. The molecular formula is C11H17BrO4. The average Bonchev–Trinajstić information content (AvgIpc) is 2.31. The number of hydrogen-bond acceptors (Lipinski definition) is 4. The van der Waals surface area contributed by atoms with E-state index in [1.165, 1.54) is 14.2 Å². The number of methoxy groups -OCH3 is 2. The molecule has 4 nitrogen and oxygen atoms in total. The molecule has 0 saturated heterocycles. The third kappa shape index (κ3) is 2.97. The Balaban J connectivity index is 2.81. The molecule has 2 atom stereocenters. The van der Waals surface area contributed by atoms with Crippen LogP contribution in [0.1, 0.15) is 25.7 Å². The van der Waals surface area contributed by atoms with Crippen molar-refractivity contribution < 1.29 is 19.1 Å². The van der Waals surface area contributed by atoms with Crippen LogP contribution in [0.15, 0.2) is 0 Å². The Morgan fingerprint density at radius 3 is 2.06 bits per heavy atom. The summed E-state index contributed by atoms with van der Waals surface area (Å²) < 4.78 is 9.35. The molecule has 5 heteroatoms. The Bertz CT molecular complexity index is 251. The van der Waals surface area contributed by atoms with Crippen molar-refractivity contribution in [3.63, 3.8) is 0 Å². The lowest BCUT2D eigenvalue weighted by molar-refractivity contribution is -0.162. The zero-order chi connectivity index (χ0) is 12.1. The Morgan fingerprint density at radius 1 is 1.12 bits per heavy atom. The van der Waals surface area contributed by atoms with E-state index in [0.29, 0.717) is 0 Å². The molecule has 16 heavy (non-hydrogen) atoms. The topological polar surface area (TPSA) is 52.6 Å². The molecule has 0 aliphatic heterocycles. The Hall–Kier alpha value is -0.580. The van der Waals surface area contributed by atoms with E-state index in [9.17, 15) is 9.59 Å². The van der Waals surface area contributed by atoms with Gasteiger partial charge in [-0.3, -0.25) is 9.59 Å². The fourth-order valence-electron chi connectivity index (χ4n) is 2.19. The summed E-state index contributed by atoms with van der Waals surface area (Å²) >= 11 is 3.53. The smallest absolute Gasteiger partial charge is 0.320 e. The van der Waals surface area contributed by atoms with Crippen LogP contribution in [0, 0.1) is 11.8 Å². The highest BCUT2D eigenvalue weighted by atomic mass is 79.9. The van der Waals surface area contributed by atoms with Crippen LogP contribution in [0.5, 0.6) is 0 Å². The second kappa shape index (κ2) is 6.23. The average molecular weight is 293 g/mol. The monoisotopic (exact) mass is 292 g/mol. The van der Waals surface area contributed by atoms with Gasteiger partial charge < -0.3 is 9.47 Å². The van der Waals surface area contributed by atoms with Crippen molar-refractivity contribution in [2.75, 3.05) is 14.2 Å². The van der Waals surface area contributed by atoms with Crippen LogP contribution in [-0.4, -0.2) is 31.0 Å². The molecule has 2 unspecified atom stereocenters. The van der Waals surface area contributed by atoms with E-state index in [1.54, 1.807) is 0 Å². The summed E-state index contributed by atoms with van der Waals surface area (Å²) in [7, 11) is 2.59. The van der Waals surface area contributed by atoms with Gasteiger partial charge in [-0.05, 0) is 18.8 Å². The lowest BCUT2D eigenvalue weighted by Crippen LogP contribution is -2.39. The summed E-state index contributed by atoms with van der Waals surface area (Å²) in [6.07, 6.45) is 4.00. The van der Waals surface area contributed by atoms with Gasteiger partial charge in [0.15, 0.2) is 5.92 Å². The fourth-order valence-corrected chi connectivity index (χ4v) is 3.08. The fraction of sp³-hybridized carbons (Fsp3) is 0.818. The van der Waals surface area contributed by atoms with Gasteiger partial charge in [-0.25, -0.2) is 0 Å². The predicted molar refractivity (Wildman–Crippen MR) is 62.2 cm³/mol. The number of halogens is 1. The maximum atomic E-state index is 11.6. The number of carbonyl (C=O) groups excluding carboxylic acids is 2.